The number of hydrogen-bond donors (Lipinski definition) is 2. The molecule has 1 atom stereocenters. The van der Waals surface area contributed by atoms with Crippen LogP contribution in [-0.4, -0.2) is 25.5 Å². The Hall–Kier alpha value is -1.42. The van der Waals surface area contributed by atoms with Gasteiger partial charge < -0.3 is 10.6 Å². The zero-order valence-corrected chi connectivity index (χ0v) is 10.6. The molecule has 1 aromatic rings. The van der Waals surface area contributed by atoms with Gasteiger partial charge in [0.15, 0.2) is 0 Å². The minimum atomic E-state index is -0.290. The predicted octanol–water partition coefficient (Wildman–Crippen LogP) is 1.48. The van der Waals surface area contributed by atoms with E-state index in [9.17, 15) is 9.18 Å². The fourth-order valence-corrected chi connectivity index (χ4v) is 2.24. The lowest BCUT2D eigenvalue weighted by atomic mass is 9.89. The molecule has 1 aliphatic heterocycles. The first kappa shape index (κ1) is 13.0. The van der Waals surface area contributed by atoms with Crippen LogP contribution in [-0.2, 0) is 11.2 Å². The summed E-state index contributed by atoms with van der Waals surface area (Å²) in [5.41, 5.74) is 0.618. The summed E-state index contributed by atoms with van der Waals surface area (Å²) >= 11 is 0. The Kier molecular flexibility index (Phi) is 3.97. The molecule has 2 N–H and O–H groups in total. The highest BCUT2D eigenvalue weighted by atomic mass is 19.1. The van der Waals surface area contributed by atoms with E-state index in [2.05, 4.69) is 10.6 Å². The normalized spacial score (nSPS) is 23.0. The number of benzene rings is 1. The molecule has 1 unspecified atom stereocenters. The summed E-state index contributed by atoms with van der Waals surface area (Å²) in [7, 11) is 0. The molecule has 2 rings (SSSR count). The van der Waals surface area contributed by atoms with Crippen molar-refractivity contribution in [2.24, 2.45) is 5.41 Å². The van der Waals surface area contributed by atoms with Gasteiger partial charge in [-0.1, -0.05) is 12.1 Å². The van der Waals surface area contributed by atoms with Gasteiger partial charge in [-0.3, -0.25) is 4.79 Å². The van der Waals surface area contributed by atoms with Crippen molar-refractivity contribution >= 4 is 5.91 Å². The van der Waals surface area contributed by atoms with Gasteiger partial charge in [-0.2, -0.15) is 0 Å². The quantitative estimate of drug-likeness (QED) is 0.850. The summed E-state index contributed by atoms with van der Waals surface area (Å²) in [4.78, 5) is 12.0. The summed E-state index contributed by atoms with van der Waals surface area (Å²) in [6.45, 7) is 4.16. The Morgan fingerprint density at radius 1 is 1.56 bits per heavy atom. The van der Waals surface area contributed by atoms with Crippen molar-refractivity contribution in [3.63, 3.8) is 0 Å². The molecule has 3 nitrogen and oxygen atoms in total. The van der Waals surface area contributed by atoms with Crippen LogP contribution in [0.25, 0.3) is 0 Å². The summed E-state index contributed by atoms with van der Waals surface area (Å²) in [6, 6.07) is 6.49. The number of nitrogens with one attached hydrogen (secondary N) is 2. The van der Waals surface area contributed by atoms with Gasteiger partial charge in [0.1, 0.15) is 5.82 Å². The Labute approximate surface area is 107 Å². The van der Waals surface area contributed by atoms with Crippen LogP contribution in [0, 0.1) is 11.2 Å². The molecule has 4 heteroatoms. The molecule has 98 valence electrons. The summed E-state index contributed by atoms with van der Waals surface area (Å²) in [5.74, 6) is -0.144. The molecule has 1 amide bonds. The Morgan fingerprint density at radius 2 is 2.39 bits per heavy atom. The van der Waals surface area contributed by atoms with E-state index in [1.165, 1.54) is 12.1 Å². The molecular formula is C14H19FN2O. The van der Waals surface area contributed by atoms with Gasteiger partial charge in [0.25, 0.3) is 0 Å². The van der Waals surface area contributed by atoms with Crippen molar-refractivity contribution in [1.29, 1.82) is 0 Å². The van der Waals surface area contributed by atoms with Crippen molar-refractivity contribution in [3.8, 4) is 0 Å². The first-order valence-electron chi connectivity index (χ1n) is 6.34. The van der Waals surface area contributed by atoms with Gasteiger partial charge in [0.05, 0.1) is 5.41 Å². The average Bonchev–Trinajstić information content (AvgIpc) is 2.77. The summed E-state index contributed by atoms with van der Waals surface area (Å²) < 4.78 is 13.0. The van der Waals surface area contributed by atoms with Crippen LogP contribution in [0.4, 0.5) is 4.39 Å². The third-order valence-corrected chi connectivity index (χ3v) is 3.51. The van der Waals surface area contributed by atoms with Crippen LogP contribution >= 0.6 is 0 Å². The van der Waals surface area contributed by atoms with Gasteiger partial charge in [-0.15, -0.1) is 0 Å². The maximum atomic E-state index is 13.0. The van der Waals surface area contributed by atoms with E-state index in [1.54, 1.807) is 6.07 Å². The van der Waals surface area contributed by atoms with Crippen molar-refractivity contribution in [1.82, 2.24) is 10.6 Å². The third kappa shape index (κ3) is 3.07. The van der Waals surface area contributed by atoms with E-state index >= 15 is 0 Å². The molecule has 1 heterocycles. The zero-order chi connectivity index (χ0) is 13.0. The molecule has 1 fully saturated rings. The number of carbonyl (C=O) groups excluding carboxylic acids is 1. The zero-order valence-electron chi connectivity index (χ0n) is 10.6. The predicted molar refractivity (Wildman–Crippen MR) is 68.7 cm³/mol. The van der Waals surface area contributed by atoms with Crippen molar-refractivity contribution in [2.45, 2.75) is 19.8 Å². The number of carbonyl (C=O) groups is 1. The van der Waals surface area contributed by atoms with Crippen LogP contribution in [0.1, 0.15) is 18.9 Å². The maximum Gasteiger partial charge on any atom is 0.227 e. The van der Waals surface area contributed by atoms with Crippen molar-refractivity contribution in [3.05, 3.63) is 35.6 Å². The second-order valence-corrected chi connectivity index (χ2v) is 5.12. The molecule has 1 saturated heterocycles. The lowest BCUT2D eigenvalue weighted by Gasteiger charge is -2.21. The van der Waals surface area contributed by atoms with E-state index in [4.69, 9.17) is 0 Å². The minimum Gasteiger partial charge on any atom is -0.355 e. The standard InChI is InChI=1S/C14H19FN2O/c1-14(6-8-16-10-14)13(18)17-7-5-11-3-2-4-12(15)9-11/h2-4,9,16H,5-8,10H2,1H3,(H,17,18). The molecule has 0 saturated carbocycles. The largest absolute Gasteiger partial charge is 0.355 e. The van der Waals surface area contributed by atoms with E-state index in [0.29, 0.717) is 13.0 Å². The summed E-state index contributed by atoms with van der Waals surface area (Å²) in [5, 5.41) is 6.13. The SMILES string of the molecule is CC1(C(=O)NCCc2cccc(F)c2)CCNC1. The van der Waals surface area contributed by atoms with Gasteiger partial charge in [-0.25, -0.2) is 4.39 Å². The molecule has 0 radical (unpaired) electrons. The second kappa shape index (κ2) is 5.48. The number of hydrogen-bond acceptors (Lipinski definition) is 2. The maximum absolute atomic E-state index is 13.0. The van der Waals surface area contributed by atoms with Crippen molar-refractivity contribution < 1.29 is 9.18 Å². The van der Waals surface area contributed by atoms with Crippen LogP contribution in [0.5, 0.6) is 0 Å². The molecule has 18 heavy (non-hydrogen) atoms. The third-order valence-electron chi connectivity index (χ3n) is 3.51. The van der Waals surface area contributed by atoms with Crippen molar-refractivity contribution in [2.75, 3.05) is 19.6 Å². The average molecular weight is 250 g/mol. The number of halogens is 1. The fraction of sp³-hybridized carbons (Fsp3) is 0.500. The smallest absolute Gasteiger partial charge is 0.227 e. The lowest BCUT2D eigenvalue weighted by Crippen LogP contribution is -2.41. The molecule has 0 aliphatic carbocycles. The topological polar surface area (TPSA) is 41.1 Å². The number of rotatable bonds is 4. The van der Waals surface area contributed by atoms with Gasteiger partial charge in [0.2, 0.25) is 5.91 Å². The number of amides is 1. The molecule has 1 aromatic carbocycles. The van der Waals surface area contributed by atoms with Gasteiger partial charge in [-0.05, 0) is 44.0 Å². The lowest BCUT2D eigenvalue weighted by molar-refractivity contribution is -0.129. The van der Waals surface area contributed by atoms with E-state index < -0.39 is 0 Å². The van der Waals surface area contributed by atoms with E-state index in [-0.39, 0.29) is 17.1 Å². The molecule has 0 spiro atoms. The Bertz CT molecular complexity index is 428. The van der Waals surface area contributed by atoms with Crippen LogP contribution < -0.4 is 10.6 Å². The first-order valence-corrected chi connectivity index (χ1v) is 6.34. The summed E-state index contributed by atoms with van der Waals surface area (Å²) in [6.07, 6.45) is 1.53. The molecule has 0 aromatic heterocycles. The van der Waals surface area contributed by atoms with Gasteiger partial charge in [0, 0.05) is 13.1 Å². The van der Waals surface area contributed by atoms with E-state index in [0.717, 1.165) is 25.1 Å². The van der Waals surface area contributed by atoms with Crippen LogP contribution in [0.3, 0.4) is 0 Å². The van der Waals surface area contributed by atoms with Crippen LogP contribution in [0.15, 0.2) is 24.3 Å². The highest BCUT2D eigenvalue weighted by molar-refractivity contribution is 5.82. The monoisotopic (exact) mass is 250 g/mol. The fourth-order valence-electron chi connectivity index (χ4n) is 2.24. The second-order valence-electron chi connectivity index (χ2n) is 5.12. The molecule has 0 bridgehead atoms. The Morgan fingerprint density at radius 3 is 3.06 bits per heavy atom. The minimum absolute atomic E-state index is 0.0869. The first-order chi connectivity index (χ1) is 8.60. The molecular weight excluding hydrogens is 231 g/mol. The molecule has 1 aliphatic rings. The highest BCUT2D eigenvalue weighted by Crippen LogP contribution is 2.24. The highest BCUT2D eigenvalue weighted by Gasteiger charge is 2.35. The van der Waals surface area contributed by atoms with Crippen LogP contribution in [0.2, 0.25) is 0 Å². The van der Waals surface area contributed by atoms with E-state index in [1.807, 2.05) is 13.0 Å². The Balaban J connectivity index is 1.80. The van der Waals surface area contributed by atoms with Gasteiger partial charge >= 0.3 is 0 Å².